The van der Waals surface area contributed by atoms with Crippen LogP contribution < -0.4 is 5.32 Å². The maximum absolute atomic E-state index is 6.02. The molecule has 1 saturated heterocycles. The molecule has 2 aromatic heterocycles. The van der Waals surface area contributed by atoms with Gasteiger partial charge in [0.05, 0.1) is 5.39 Å². The van der Waals surface area contributed by atoms with Crippen LogP contribution >= 0.6 is 22.9 Å². The van der Waals surface area contributed by atoms with Crippen LogP contribution in [-0.4, -0.2) is 41.0 Å². The molecule has 0 aromatic carbocycles. The van der Waals surface area contributed by atoms with E-state index in [0.29, 0.717) is 11.2 Å². The zero-order valence-electron chi connectivity index (χ0n) is 12.5. The van der Waals surface area contributed by atoms with Crippen molar-refractivity contribution in [3.05, 3.63) is 16.2 Å². The van der Waals surface area contributed by atoms with Gasteiger partial charge in [0.2, 0.25) is 5.28 Å². The van der Waals surface area contributed by atoms with E-state index in [1.807, 2.05) is 0 Å². The van der Waals surface area contributed by atoms with Gasteiger partial charge in [-0.2, -0.15) is 0 Å². The molecule has 4 nitrogen and oxygen atoms in total. The van der Waals surface area contributed by atoms with E-state index < -0.39 is 0 Å². The van der Waals surface area contributed by atoms with Crippen LogP contribution in [0.4, 0.5) is 5.82 Å². The van der Waals surface area contributed by atoms with Crippen LogP contribution in [0.2, 0.25) is 5.28 Å². The zero-order chi connectivity index (χ0) is 14.8. The molecule has 3 heterocycles. The molecule has 0 amide bonds. The van der Waals surface area contributed by atoms with E-state index in [9.17, 15) is 0 Å². The first-order valence-corrected chi connectivity index (χ1v) is 8.71. The molecule has 0 spiro atoms. The second-order valence-corrected chi connectivity index (χ2v) is 7.48. The summed E-state index contributed by atoms with van der Waals surface area (Å²) in [5, 5.41) is 4.86. The monoisotopic (exact) mass is 324 g/mol. The standard InChI is InChI=1S/C15H21ClN4S/c1-10(9-20-5-3-4-6-20)8-17-13-12-7-11(2)21-14(12)19-15(16)18-13/h7,10H,3-6,8-9H2,1-2H3,(H,17,18,19). The minimum Gasteiger partial charge on any atom is -0.369 e. The Labute approximate surface area is 134 Å². The van der Waals surface area contributed by atoms with Crippen molar-refractivity contribution >= 4 is 39.0 Å². The summed E-state index contributed by atoms with van der Waals surface area (Å²) in [7, 11) is 0. The molecule has 0 radical (unpaired) electrons. The summed E-state index contributed by atoms with van der Waals surface area (Å²) in [6.07, 6.45) is 2.69. The molecule has 21 heavy (non-hydrogen) atoms. The molecule has 1 unspecified atom stereocenters. The Morgan fingerprint density at radius 3 is 2.90 bits per heavy atom. The molecule has 6 heteroatoms. The maximum Gasteiger partial charge on any atom is 0.225 e. The van der Waals surface area contributed by atoms with E-state index in [-0.39, 0.29) is 0 Å². The van der Waals surface area contributed by atoms with E-state index in [2.05, 4.69) is 40.1 Å². The fourth-order valence-electron chi connectivity index (χ4n) is 2.89. The number of anilines is 1. The van der Waals surface area contributed by atoms with Gasteiger partial charge in [-0.25, -0.2) is 9.97 Å². The number of hydrogen-bond donors (Lipinski definition) is 1. The summed E-state index contributed by atoms with van der Waals surface area (Å²) in [4.78, 5) is 13.4. The summed E-state index contributed by atoms with van der Waals surface area (Å²) in [6, 6.07) is 2.13. The topological polar surface area (TPSA) is 41.0 Å². The lowest BCUT2D eigenvalue weighted by Gasteiger charge is -2.20. The SMILES string of the molecule is Cc1cc2c(NCC(C)CN3CCCC3)nc(Cl)nc2s1. The number of nitrogens with zero attached hydrogens (tertiary/aromatic N) is 3. The number of nitrogens with one attached hydrogen (secondary N) is 1. The van der Waals surface area contributed by atoms with Crippen molar-refractivity contribution in [2.24, 2.45) is 5.92 Å². The van der Waals surface area contributed by atoms with E-state index in [1.54, 1.807) is 11.3 Å². The third kappa shape index (κ3) is 3.65. The number of halogens is 1. The van der Waals surface area contributed by atoms with Crippen molar-refractivity contribution in [2.45, 2.75) is 26.7 Å². The fraction of sp³-hybridized carbons (Fsp3) is 0.600. The second kappa shape index (κ2) is 6.46. The van der Waals surface area contributed by atoms with Crippen LogP contribution in [0.25, 0.3) is 10.2 Å². The van der Waals surface area contributed by atoms with E-state index in [0.717, 1.165) is 29.1 Å². The summed E-state index contributed by atoms with van der Waals surface area (Å²) in [5.74, 6) is 1.45. The molecule has 1 aliphatic heterocycles. The minimum absolute atomic E-state index is 0.319. The normalized spacial score (nSPS) is 17.5. The molecule has 1 N–H and O–H groups in total. The Morgan fingerprint density at radius 1 is 1.38 bits per heavy atom. The highest BCUT2D eigenvalue weighted by molar-refractivity contribution is 7.18. The molecule has 114 valence electrons. The van der Waals surface area contributed by atoms with Crippen LogP contribution in [0.3, 0.4) is 0 Å². The van der Waals surface area contributed by atoms with Gasteiger partial charge in [-0.1, -0.05) is 6.92 Å². The molecule has 2 aromatic rings. The van der Waals surface area contributed by atoms with Gasteiger partial charge in [-0.05, 0) is 56.4 Å². The quantitative estimate of drug-likeness (QED) is 0.849. The molecule has 1 fully saturated rings. The van der Waals surface area contributed by atoms with Crippen LogP contribution in [0.1, 0.15) is 24.6 Å². The summed E-state index contributed by atoms with van der Waals surface area (Å²) in [5.41, 5.74) is 0. The van der Waals surface area contributed by atoms with Gasteiger partial charge in [0, 0.05) is 18.0 Å². The number of thiophene rings is 1. The molecule has 1 aliphatic rings. The smallest absolute Gasteiger partial charge is 0.225 e. The molecule has 3 rings (SSSR count). The van der Waals surface area contributed by atoms with Gasteiger partial charge in [-0.15, -0.1) is 11.3 Å². The van der Waals surface area contributed by atoms with Gasteiger partial charge in [0.25, 0.3) is 0 Å². The Balaban J connectivity index is 1.66. The molecule has 0 bridgehead atoms. The van der Waals surface area contributed by atoms with Crippen molar-refractivity contribution in [3.63, 3.8) is 0 Å². The molecular weight excluding hydrogens is 304 g/mol. The van der Waals surface area contributed by atoms with E-state index in [4.69, 9.17) is 11.6 Å². The molecule has 0 aliphatic carbocycles. The number of rotatable bonds is 5. The van der Waals surface area contributed by atoms with Gasteiger partial charge < -0.3 is 10.2 Å². The highest BCUT2D eigenvalue weighted by atomic mass is 35.5. The van der Waals surface area contributed by atoms with Gasteiger partial charge in [0.15, 0.2) is 0 Å². The van der Waals surface area contributed by atoms with Crippen LogP contribution in [-0.2, 0) is 0 Å². The first-order chi connectivity index (χ1) is 10.1. The average Bonchev–Trinajstić information content (AvgIpc) is 3.04. The lowest BCUT2D eigenvalue weighted by atomic mass is 10.1. The summed E-state index contributed by atoms with van der Waals surface area (Å²) < 4.78 is 0. The van der Waals surface area contributed by atoms with Crippen molar-refractivity contribution in [3.8, 4) is 0 Å². The number of fused-ring (bicyclic) bond motifs is 1. The molecular formula is C15H21ClN4S. The molecule has 1 atom stereocenters. The van der Waals surface area contributed by atoms with Gasteiger partial charge in [-0.3, -0.25) is 0 Å². The van der Waals surface area contributed by atoms with Crippen molar-refractivity contribution in [1.29, 1.82) is 0 Å². The predicted octanol–water partition coefficient (Wildman–Crippen LogP) is 3.80. The number of aryl methyl sites for hydroxylation is 1. The first-order valence-electron chi connectivity index (χ1n) is 7.52. The third-order valence-electron chi connectivity index (χ3n) is 3.88. The second-order valence-electron chi connectivity index (χ2n) is 5.91. The Hall–Kier alpha value is -0.910. The Bertz CT molecular complexity index is 621. The lowest BCUT2D eigenvalue weighted by Crippen LogP contribution is -2.29. The minimum atomic E-state index is 0.319. The van der Waals surface area contributed by atoms with Crippen molar-refractivity contribution < 1.29 is 0 Å². The number of aromatic nitrogens is 2. The van der Waals surface area contributed by atoms with E-state index in [1.165, 1.54) is 30.8 Å². The zero-order valence-corrected chi connectivity index (χ0v) is 14.1. The highest BCUT2D eigenvalue weighted by Gasteiger charge is 2.15. The van der Waals surface area contributed by atoms with Crippen molar-refractivity contribution in [2.75, 3.05) is 31.5 Å². The van der Waals surface area contributed by atoms with Crippen LogP contribution in [0.5, 0.6) is 0 Å². The first kappa shape index (κ1) is 15.0. The lowest BCUT2D eigenvalue weighted by molar-refractivity contribution is 0.294. The Morgan fingerprint density at radius 2 is 2.14 bits per heavy atom. The van der Waals surface area contributed by atoms with Crippen LogP contribution in [0.15, 0.2) is 6.07 Å². The number of likely N-dealkylation sites (tertiary alicyclic amines) is 1. The third-order valence-corrected chi connectivity index (χ3v) is 4.99. The average molecular weight is 325 g/mol. The van der Waals surface area contributed by atoms with Gasteiger partial charge in [0.1, 0.15) is 10.6 Å². The predicted molar refractivity (Wildman–Crippen MR) is 90.5 cm³/mol. The highest BCUT2D eigenvalue weighted by Crippen LogP contribution is 2.29. The van der Waals surface area contributed by atoms with E-state index >= 15 is 0 Å². The largest absolute Gasteiger partial charge is 0.369 e. The van der Waals surface area contributed by atoms with Gasteiger partial charge >= 0.3 is 0 Å². The summed E-state index contributed by atoms with van der Waals surface area (Å²) >= 11 is 7.68. The van der Waals surface area contributed by atoms with Crippen molar-refractivity contribution in [1.82, 2.24) is 14.9 Å². The number of hydrogen-bond acceptors (Lipinski definition) is 5. The van der Waals surface area contributed by atoms with Crippen LogP contribution in [0, 0.1) is 12.8 Å². The maximum atomic E-state index is 6.02. The fourth-order valence-corrected chi connectivity index (χ4v) is 3.99. The molecule has 0 saturated carbocycles. The Kier molecular flexibility index (Phi) is 4.62. The summed E-state index contributed by atoms with van der Waals surface area (Å²) in [6.45, 7) is 8.92.